The molecule has 0 heterocycles. The number of amides is 1. The van der Waals surface area contributed by atoms with Crippen molar-refractivity contribution in [3.8, 4) is 0 Å². The van der Waals surface area contributed by atoms with Crippen molar-refractivity contribution in [1.82, 2.24) is 10.2 Å². The van der Waals surface area contributed by atoms with Gasteiger partial charge in [0.25, 0.3) is 0 Å². The third kappa shape index (κ3) is 11.5. The molecule has 0 aromatic carbocycles. The van der Waals surface area contributed by atoms with Gasteiger partial charge in [0.2, 0.25) is 5.91 Å². The zero-order chi connectivity index (χ0) is 13.3. The zero-order valence-corrected chi connectivity index (χ0v) is 14.3. The first-order valence-corrected chi connectivity index (χ1v) is 6.78. The molecule has 0 saturated heterocycles. The molecule has 0 aliphatic heterocycles. The van der Waals surface area contributed by atoms with Crippen LogP contribution in [0.3, 0.4) is 0 Å². The minimum absolute atomic E-state index is 0. The van der Waals surface area contributed by atoms with Crippen LogP contribution in [0.25, 0.3) is 0 Å². The van der Waals surface area contributed by atoms with Crippen molar-refractivity contribution in [3.63, 3.8) is 0 Å². The largest absolute Gasteiger partial charge is 0.355 e. The number of halogens is 2. The van der Waals surface area contributed by atoms with Gasteiger partial charge in [-0.2, -0.15) is 0 Å². The second-order valence-electron chi connectivity index (χ2n) is 4.79. The highest BCUT2D eigenvalue weighted by atomic mass is 35.5. The lowest BCUT2D eigenvalue weighted by molar-refractivity contribution is -0.123. The fraction of sp³-hybridized carbons (Fsp3) is 0.923. The van der Waals surface area contributed by atoms with Crippen molar-refractivity contribution >= 4 is 30.7 Å². The summed E-state index contributed by atoms with van der Waals surface area (Å²) < 4.78 is 0. The standard InChI is InChI=1S/C13H29N3O.2ClH/c1-5-16(6-2)10-8-7-9-15-13(17)12(14)11(3)4;;/h11-12H,5-10,14H2,1-4H3,(H,15,17);2*1H/t12-;;/m0../s1. The second-order valence-corrected chi connectivity index (χ2v) is 4.79. The van der Waals surface area contributed by atoms with E-state index in [1.807, 2.05) is 13.8 Å². The van der Waals surface area contributed by atoms with Gasteiger partial charge in [0, 0.05) is 6.54 Å². The second kappa shape index (κ2) is 14.4. The van der Waals surface area contributed by atoms with Crippen molar-refractivity contribution in [2.75, 3.05) is 26.2 Å². The van der Waals surface area contributed by atoms with E-state index in [1.54, 1.807) is 0 Å². The number of hydrogen-bond donors (Lipinski definition) is 2. The Morgan fingerprint density at radius 2 is 1.68 bits per heavy atom. The van der Waals surface area contributed by atoms with E-state index < -0.39 is 0 Å². The number of nitrogens with one attached hydrogen (secondary N) is 1. The van der Waals surface area contributed by atoms with E-state index >= 15 is 0 Å². The summed E-state index contributed by atoms with van der Waals surface area (Å²) in [5.74, 6) is 0.175. The molecule has 118 valence electrons. The van der Waals surface area contributed by atoms with Crippen molar-refractivity contribution in [2.45, 2.75) is 46.6 Å². The molecule has 0 unspecified atom stereocenters. The molecule has 0 fully saturated rings. The average molecular weight is 316 g/mol. The fourth-order valence-electron chi connectivity index (χ4n) is 1.63. The Labute approximate surface area is 130 Å². The maximum absolute atomic E-state index is 11.5. The predicted molar refractivity (Wildman–Crippen MR) is 87.3 cm³/mol. The van der Waals surface area contributed by atoms with Crippen LogP contribution in [0.15, 0.2) is 0 Å². The van der Waals surface area contributed by atoms with E-state index in [9.17, 15) is 4.79 Å². The summed E-state index contributed by atoms with van der Waals surface area (Å²) in [6.07, 6.45) is 2.14. The molecule has 0 saturated carbocycles. The Morgan fingerprint density at radius 1 is 1.16 bits per heavy atom. The molecular formula is C13H31Cl2N3O. The normalized spacial score (nSPS) is 11.7. The van der Waals surface area contributed by atoms with Crippen LogP contribution in [0.1, 0.15) is 40.5 Å². The van der Waals surface area contributed by atoms with E-state index in [2.05, 4.69) is 24.1 Å². The average Bonchev–Trinajstić information content (AvgIpc) is 2.32. The SMILES string of the molecule is CCN(CC)CCCCNC(=O)[C@@H](N)C(C)C.Cl.Cl. The van der Waals surface area contributed by atoms with Crippen molar-refractivity contribution in [3.05, 3.63) is 0 Å². The van der Waals surface area contributed by atoms with Crippen molar-refractivity contribution in [2.24, 2.45) is 11.7 Å². The summed E-state index contributed by atoms with van der Waals surface area (Å²) in [6.45, 7) is 12.3. The smallest absolute Gasteiger partial charge is 0.237 e. The summed E-state index contributed by atoms with van der Waals surface area (Å²) >= 11 is 0. The van der Waals surface area contributed by atoms with Crippen LogP contribution < -0.4 is 11.1 Å². The molecule has 4 nitrogen and oxygen atoms in total. The van der Waals surface area contributed by atoms with Crippen LogP contribution in [-0.4, -0.2) is 43.0 Å². The Hall–Kier alpha value is -0.0300. The van der Waals surface area contributed by atoms with E-state index in [-0.39, 0.29) is 42.7 Å². The Bertz CT molecular complexity index is 212. The van der Waals surface area contributed by atoms with Gasteiger partial charge in [0.15, 0.2) is 0 Å². The van der Waals surface area contributed by atoms with E-state index in [1.165, 1.54) is 0 Å². The number of carbonyl (C=O) groups excluding carboxylic acids is 1. The maximum Gasteiger partial charge on any atom is 0.237 e. The number of unbranched alkanes of at least 4 members (excludes halogenated alkanes) is 1. The van der Waals surface area contributed by atoms with Gasteiger partial charge in [0.1, 0.15) is 0 Å². The van der Waals surface area contributed by atoms with Gasteiger partial charge in [-0.1, -0.05) is 27.7 Å². The summed E-state index contributed by atoms with van der Waals surface area (Å²) in [6, 6.07) is -0.377. The molecule has 0 aliphatic carbocycles. The first-order valence-electron chi connectivity index (χ1n) is 6.78. The summed E-state index contributed by atoms with van der Waals surface area (Å²) in [7, 11) is 0. The molecule has 1 atom stereocenters. The Balaban J connectivity index is -0.00000128. The molecule has 0 radical (unpaired) electrons. The van der Waals surface area contributed by atoms with E-state index in [0.29, 0.717) is 0 Å². The third-order valence-electron chi connectivity index (χ3n) is 3.12. The molecule has 1 amide bonds. The molecular weight excluding hydrogens is 285 g/mol. The first-order chi connectivity index (χ1) is 8.02. The number of nitrogens with two attached hydrogens (primary N) is 1. The molecule has 3 N–H and O–H groups in total. The van der Waals surface area contributed by atoms with Gasteiger partial charge in [-0.15, -0.1) is 24.8 Å². The maximum atomic E-state index is 11.5. The molecule has 0 aromatic rings. The third-order valence-corrected chi connectivity index (χ3v) is 3.12. The first kappa shape index (κ1) is 24.0. The van der Waals surface area contributed by atoms with Crippen LogP contribution in [0.4, 0.5) is 0 Å². The van der Waals surface area contributed by atoms with Crippen LogP contribution in [0.5, 0.6) is 0 Å². The van der Waals surface area contributed by atoms with Crippen LogP contribution in [-0.2, 0) is 4.79 Å². The molecule has 0 aliphatic rings. The molecule has 19 heavy (non-hydrogen) atoms. The molecule has 0 aromatic heterocycles. The number of carbonyl (C=O) groups is 1. The van der Waals surface area contributed by atoms with Gasteiger partial charge in [-0.25, -0.2) is 0 Å². The lowest BCUT2D eigenvalue weighted by Gasteiger charge is -2.18. The Morgan fingerprint density at radius 3 is 2.11 bits per heavy atom. The topological polar surface area (TPSA) is 58.4 Å². The summed E-state index contributed by atoms with van der Waals surface area (Å²) in [5, 5.41) is 2.89. The number of nitrogens with zero attached hydrogens (tertiary/aromatic N) is 1. The van der Waals surface area contributed by atoms with Crippen molar-refractivity contribution < 1.29 is 4.79 Å². The van der Waals surface area contributed by atoms with Crippen LogP contribution >= 0.6 is 24.8 Å². The highest BCUT2D eigenvalue weighted by molar-refractivity contribution is 5.85. The molecule has 6 heteroatoms. The van der Waals surface area contributed by atoms with Gasteiger partial charge in [-0.3, -0.25) is 4.79 Å². The summed E-state index contributed by atoms with van der Waals surface area (Å²) in [4.78, 5) is 13.9. The Kier molecular flexibility index (Phi) is 18.2. The minimum Gasteiger partial charge on any atom is -0.355 e. The van der Waals surface area contributed by atoms with Crippen LogP contribution in [0.2, 0.25) is 0 Å². The van der Waals surface area contributed by atoms with Gasteiger partial charge >= 0.3 is 0 Å². The van der Waals surface area contributed by atoms with Crippen molar-refractivity contribution in [1.29, 1.82) is 0 Å². The monoisotopic (exact) mass is 315 g/mol. The lowest BCUT2D eigenvalue weighted by atomic mass is 10.1. The van der Waals surface area contributed by atoms with Gasteiger partial charge < -0.3 is 16.0 Å². The summed E-state index contributed by atoms with van der Waals surface area (Å²) in [5.41, 5.74) is 5.75. The highest BCUT2D eigenvalue weighted by Gasteiger charge is 2.15. The quantitative estimate of drug-likeness (QED) is 0.640. The number of hydrogen-bond acceptors (Lipinski definition) is 3. The van der Waals surface area contributed by atoms with Gasteiger partial charge in [0.05, 0.1) is 6.04 Å². The lowest BCUT2D eigenvalue weighted by Crippen LogP contribution is -2.44. The molecule has 0 bridgehead atoms. The minimum atomic E-state index is -0.377. The fourth-order valence-corrected chi connectivity index (χ4v) is 1.63. The van der Waals surface area contributed by atoms with Gasteiger partial charge in [-0.05, 0) is 38.4 Å². The zero-order valence-electron chi connectivity index (χ0n) is 12.6. The molecule has 0 spiro atoms. The molecule has 0 rings (SSSR count). The van der Waals surface area contributed by atoms with Crippen LogP contribution in [0, 0.1) is 5.92 Å². The van der Waals surface area contributed by atoms with E-state index in [0.717, 1.165) is 39.0 Å². The predicted octanol–water partition coefficient (Wildman–Crippen LogP) is 2.05. The highest BCUT2D eigenvalue weighted by Crippen LogP contribution is 1.98. The van der Waals surface area contributed by atoms with E-state index in [4.69, 9.17) is 5.73 Å². The number of rotatable bonds is 9.